The van der Waals surface area contributed by atoms with E-state index in [-0.39, 0.29) is 22.6 Å². The maximum Gasteiger partial charge on any atom is 0.244 e. The topological polar surface area (TPSA) is 57.6 Å². The van der Waals surface area contributed by atoms with Crippen LogP contribution in [0.3, 0.4) is 0 Å². The van der Waals surface area contributed by atoms with E-state index in [0.717, 1.165) is 19.3 Å². The van der Waals surface area contributed by atoms with Gasteiger partial charge in [0.2, 0.25) is 10.0 Å². The minimum Gasteiger partial charge on any atom is -0.395 e. The molecule has 2 rings (SSSR count). The summed E-state index contributed by atoms with van der Waals surface area (Å²) in [7, 11) is -3.64. The van der Waals surface area contributed by atoms with E-state index in [9.17, 15) is 13.5 Å². The van der Waals surface area contributed by atoms with Gasteiger partial charge in [0, 0.05) is 12.6 Å². The van der Waals surface area contributed by atoms with Crippen molar-refractivity contribution in [1.29, 1.82) is 0 Å². The van der Waals surface area contributed by atoms with Crippen LogP contribution in [0, 0.1) is 0 Å². The van der Waals surface area contributed by atoms with Crippen LogP contribution in [-0.4, -0.2) is 37.0 Å². The third kappa shape index (κ3) is 3.11. The number of halogens is 1. The summed E-state index contributed by atoms with van der Waals surface area (Å²) in [5.74, 6) is 0. The first-order valence-electron chi connectivity index (χ1n) is 6.44. The average Bonchev–Trinajstić information content (AvgIpc) is 2.64. The maximum absolute atomic E-state index is 12.7. The van der Waals surface area contributed by atoms with Crippen molar-refractivity contribution in [3.8, 4) is 0 Å². The second-order valence-electron chi connectivity index (χ2n) is 4.73. The van der Waals surface area contributed by atoms with Crippen molar-refractivity contribution in [2.45, 2.75) is 36.6 Å². The molecule has 0 saturated carbocycles. The molecule has 1 atom stereocenters. The highest BCUT2D eigenvalue weighted by Gasteiger charge is 2.33. The van der Waals surface area contributed by atoms with Crippen LogP contribution in [0.5, 0.6) is 0 Å². The van der Waals surface area contributed by atoms with Gasteiger partial charge in [0.05, 0.1) is 11.6 Å². The molecule has 0 amide bonds. The van der Waals surface area contributed by atoms with Crippen LogP contribution in [0.4, 0.5) is 0 Å². The number of hydrogen-bond donors (Lipinski definition) is 1. The van der Waals surface area contributed by atoms with Crippen molar-refractivity contribution in [2.75, 3.05) is 13.2 Å². The molecular weight excluding hydrogens is 286 g/mol. The number of aliphatic hydroxyl groups is 1. The molecule has 0 spiro atoms. The van der Waals surface area contributed by atoms with Gasteiger partial charge in [-0.2, -0.15) is 4.31 Å². The van der Waals surface area contributed by atoms with Gasteiger partial charge in [-0.15, -0.1) is 0 Å². The molecule has 0 aliphatic carbocycles. The molecule has 1 fully saturated rings. The van der Waals surface area contributed by atoms with Crippen LogP contribution in [0.25, 0.3) is 0 Å². The first kappa shape index (κ1) is 14.8. The lowest BCUT2D eigenvalue weighted by Gasteiger charge is -2.28. The summed E-state index contributed by atoms with van der Waals surface area (Å²) in [6.07, 6.45) is 3.45. The summed E-state index contributed by atoms with van der Waals surface area (Å²) in [6.45, 7) is 0.294. The third-order valence-electron chi connectivity index (χ3n) is 3.46. The van der Waals surface area contributed by atoms with E-state index in [1.807, 2.05) is 0 Å². The van der Waals surface area contributed by atoms with E-state index >= 15 is 0 Å². The Morgan fingerprint density at radius 3 is 2.68 bits per heavy atom. The quantitative estimate of drug-likeness (QED) is 0.932. The summed E-state index contributed by atoms with van der Waals surface area (Å²) >= 11 is 5.99. The minimum atomic E-state index is -3.64. The summed E-state index contributed by atoms with van der Waals surface area (Å²) in [4.78, 5) is 0.122. The predicted molar refractivity (Wildman–Crippen MR) is 74.7 cm³/mol. The van der Waals surface area contributed by atoms with E-state index in [2.05, 4.69) is 0 Å². The van der Waals surface area contributed by atoms with Crippen molar-refractivity contribution in [3.63, 3.8) is 0 Å². The lowest BCUT2D eigenvalue weighted by molar-refractivity contribution is 0.186. The molecule has 1 aromatic carbocycles. The normalized spacial score (nSPS) is 22.1. The Balaban J connectivity index is 2.39. The fourth-order valence-corrected chi connectivity index (χ4v) is 4.61. The molecule has 0 radical (unpaired) electrons. The first-order chi connectivity index (χ1) is 9.07. The fraction of sp³-hybridized carbons (Fsp3) is 0.538. The zero-order valence-corrected chi connectivity index (χ0v) is 12.2. The van der Waals surface area contributed by atoms with Crippen LogP contribution >= 0.6 is 11.6 Å². The molecule has 1 unspecified atom stereocenters. The number of nitrogens with zero attached hydrogens (tertiary/aromatic N) is 1. The summed E-state index contributed by atoms with van der Waals surface area (Å²) in [6, 6.07) is 6.10. The van der Waals surface area contributed by atoms with Gasteiger partial charge in [0.1, 0.15) is 4.90 Å². The molecule has 19 heavy (non-hydrogen) atoms. The summed E-state index contributed by atoms with van der Waals surface area (Å²) < 4.78 is 26.7. The highest BCUT2D eigenvalue weighted by atomic mass is 35.5. The van der Waals surface area contributed by atoms with Crippen LogP contribution < -0.4 is 0 Å². The Labute approximate surface area is 119 Å². The molecule has 0 aromatic heterocycles. The van der Waals surface area contributed by atoms with Crippen molar-refractivity contribution < 1.29 is 13.5 Å². The molecule has 4 nitrogen and oxygen atoms in total. The van der Waals surface area contributed by atoms with Gasteiger partial charge < -0.3 is 5.11 Å². The van der Waals surface area contributed by atoms with E-state index < -0.39 is 10.0 Å². The molecule has 106 valence electrons. The smallest absolute Gasteiger partial charge is 0.244 e. The van der Waals surface area contributed by atoms with Gasteiger partial charge in [-0.25, -0.2) is 8.42 Å². The largest absolute Gasteiger partial charge is 0.395 e. The zero-order chi connectivity index (χ0) is 13.9. The summed E-state index contributed by atoms with van der Waals surface area (Å²) in [5, 5.41) is 9.65. The number of sulfonamides is 1. The Hall–Kier alpha value is -0.620. The van der Waals surface area contributed by atoms with Gasteiger partial charge >= 0.3 is 0 Å². The van der Waals surface area contributed by atoms with Gasteiger partial charge in [0.25, 0.3) is 0 Å². The van der Waals surface area contributed by atoms with E-state index in [0.29, 0.717) is 13.0 Å². The lowest BCUT2D eigenvalue weighted by atomic mass is 10.1. The number of aliphatic hydroxyl groups excluding tert-OH is 1. The lowest BCUT2D eigenvalue weighted by Crippen LogP contribution is -2.42. The minimum absolute atomic E-state index is 0.122. The number of rotatable bonds is 3. The van der Waals surface area contributed by atoms with Gasteiger partial charge in [-0.1, -0.05) is 36.6 Å². The molecule has 0 bridgehead atoms. The SMILES string of the molecule is O=S(=O)(c1ccccc1Cl)N1CCCCCC1CO. The Morgan fingerprint density at radius 2 is 2.00 bits per heavy atom. The number of benzene rings is 1. The summed E-state index contributed by atoms with van der Waals surface area (Å²) in [5.41, 5.74) is 0. The van der Waals surface area contributed by atoms with Crippen LogP contribution in [0.15, 0.2) is 29.2 Å². The Kier molecular flexibility index (Phi) is 4.84. The monoisotopic (exact) mass is 303 g/mol. The molecule has 1 aromatic rings. The van der Waals surface area contributed by atoms with Crippen LogP contribution in [0.1, 0.15) is 25.7 Å². The van der Waals surface area contributed by atoms with E-state index in [4.69, 9.17) is 11.6 Å². The molecule has 1 N–H and O–H groups in total. The third-order valence-corrected chi connectivity index (χ3v) is 5.91. The molecule has 1 saturated heterocycles. The van der Waals surface area contributed by atoms with Gasteiger partial charge in [-0.05, 0) is 25.0 Å². The van der Waals surface area contributed by atoms with Crippen molar-refractivity contribution in [1.82, 2.24) is 4.31 Å². The van der Waals surface area contributed by atoms with Crippen LogP contribution in [-0.2, 0) is 10.0 Å². The standard InChI is InChI=1S/C13H18ClNO3S/c14-12-7-3-4-8-13(12)19(17,18)15-9-5-1-2-6-11(15)10-16/h3-4,7-8,11,16H,1-2,5-6,9-10H2. The van der Waals surface area contributed by atoms with E-state index in [1.54, 1.807) is 18.2 Å². The molecule has 1 aliphatic heterocycles. The van der Waals surface area contributed by atoms with Crippen LogP contribution in [0.2, 0.25) is 5.02 Å². The first-order valence-corrected chi connectivity index (χ1v) is 8.26. The van der Waals surface area contributed by atoms with Crippen molar-refractivity contribution in [2.24, 2.45) is 0 Å². The molecule has 6 heteroatoms. The number of hydrogen-bond acceptors (Lipinski definition) is 3. The van der Waals surface area contributed by atoms with Crippen molar-refractivity contribution in [3.05, 3.63) is 29.3 Å². The second-order valence-corrected chi connectivity index (χ2v) is 7.00. The highest BCUT2D eigenvalue weighted by Crippen LogP contribution is 2.28. The second kappa shape index (κ2) is 6.22. The van der Waals surface area contributed by atoms with E-state index in [1.165, 1.54) is 10.4 Å². The Bertz CT molecular complexity index is 532. The highest BCUT2D eigenvalue weighted by molar-refractivity contribution is 7.89. The predicted octanol–water partition coefficient (Wildman–Crippen LogP) is 2.27. The van der Waals surface area contributed by atoms with Gasteiger partial charge in [0.15, 0.2) is 0 Å². The average molecular weight is 304 g/mol. The fourth-order valence-electron chi connectivity index (χ4n) is 2.43. The molecule has 1 aliphatic rings. The van der Waals surface area contributed by atoms with Crippen molar-refractivity contribution >= 4 is 21.6 Å². The molecule has 1 heterocycles. The maximum atomic E-state index is 12.7. The zero-order valence-electron chi connectivity index (χ0n) is 10.6. The Morgan fingerprint density at radius 1 is 1.26 bits per heavy atom. The van der Waals surface area contributed by atoms with Gasteiger partial charge in [-0.3, -0.25) is 0 Å². The molecular formula is C13H18ClNO3S.